The number of nitrogens with zero attached hydrogens (tertiary/aromatic N) is 2. The number of thiocarbonyl (C=S) groups is 2. The summed E-state index contributed by atoms with van der Waals surface area (Å²) >= 11 is 13.2. The van der Waals surface area contributed by atoms with Crippen molar-refractivity contribution in [3.05, 3.63) is 83.2 Å². The average molecular weight is 680 g/mol. The standard InChI is InChI=1S/C29H34FN3O5S4Si/c1-29(2,3)43(18-12-8-6-9-13-18,19-14-10-7-11-15-19)35-17-21-22(37-27(39)41-4)23(38-28(40)42-5)25(36-21)33-16-20(30)24(31)32-26(33)34/h6-16,21-23,25H,17H2,1-5H3,(H2,31,32,34)/t21-,22+,23+,25+/m1/s1. The lowest BCUT2D eigenvalue weighted by molar-refractivity contribution is -0.0498. The van der Waals surface area contributed by atoms with Gasteiger partial charge in [0.05, 0.1) is 12.8 Å². The van der Waals surface area contributed by atoms with E-state index in [1.165, 1.54) is 23.5 Å². The van der Waals surface area contributed by atoms with Crippen molar-refractivity contribution in [1.82, 2.24) is 9.55 Å². The third-order valence-corrected chi connectivity index (χ3v) is 14.2. The number of hydrogen-bond donors (Lipinski definition) is 1. The minimum Gasteiger partial charge on any atom is -0.468 e. The Morgan fingerprint density at radius 2 is 1.51 bits per heavy atom. The first-order valence-corrected chi connectivity index (χ1v) is 18.5. The fourth-order valence-electron chi connectivity index (χ4n) is 5.26. The quantitative estimate of drug-likeness (QED) is 0.269. The summed E-state index contributed by atoms with van der Waals surface area (Å²) in [5, 5.41) is 1.85. The zero-order valence-corrected chi connectivity index (χ0v) is 28.7. The lowest BCUT2D eigenvalue weighted by Crippen LogP contribution is -2.67. The SMILES string of the molecule is CSC(=S)O[C@@H]1[C@H](OC(=S)SC)[C@@H](n2cc(F)c(N)nc2=O)O[C@@H]1CO[Si](c1ccccc1)(c1ccccc1)C(C)(C)C. The zero-order valence-electron chi connectivity index (χ0n) is 24.4. The van der Waals surface area contributed by atoms with Gasteiger partial charge >= 0.3 is 5.69 Å². The molecule has 8 nitrogen and oxygen atoms in total. The molecule has 0 unspecified atom stereocenters. The normalized spacial score (nSPS) is 20.5. The largest absolute Gasteiger partial charge is 0.468 e. The summed E-state index contributed by atoms with van der Waals surface area (Å²) in [7, 11) is -2.99. The summed E-state index contributed by atoms with van der Waals surface area (Å²) in [4.78, 5) is 16.5. The van der Waals surface area contributed by atoms with Gasteiger partial charge in [-0.15, -0.1) is 0 Å². The van der Waals surface area contributed by atoms with Crippen LogP contribution in [0.1, 0.15) is 27.0 Å². The van der Waals surface area contributed by atoms with E-state index in [4.69, 9.17) is 48.8 Å². The van der Waals surface area contributed by atoms with E-state index in [-0.39, 0.29) is 20.4 Å². The van der Waals surface area contributed by atoms with Crippen LogP contribution in [0.5, 0.6) is 0 Å². The van der Waals surface area contributed by atoms with Crippen molar-refractivity contribution in [2.24, 2.45) is 0 Å². The second-order valence-electron chi connectivity index (χ2n) is 10.8. The Balaban J connectivity index is 1.82. The van der Waals surface area contributed by atoms with Crippen LogP contribution in [0, 0.1) is 5.82 Å². The van der Waals surface area contributed by atoms with Crippen molar-refractivity contribution >= 4 is 81.2 Å². The molecule has 14 heteroatoms. The highest BCUT2D eigenvalue weighted by atomic mass is 32.2. The maximum absolute atomic E-state index is 14.6. The molecule has 4 rings (SSSR count). The van der Waals surface area contributed by atoms with Gasteiger partial charge in [-0.2, -0.15) is 4.98 Å². The average Bonchev–Trinajstić information content (AvgIpc) is 3.31. The second kappa shape index (κ2) is 14.2. The predicted octanol–water partition coefficient (Wildman–Crippen LogP) is 4.50. The number of nitrogens with two attached hydrogens (primary N) is 1. The smallest absolute Gasteiger partial charge is 0.351 e. The maximum Gasteiger partial charge on any atom is 0.351 e. The molecule has 1 aliphatic rings. The van der Waals surface area contributed by atoms with Crippen LogP contribution in [-0.2, 0) is 18.6 Å². The van der Waals surface area contributed by atoms with Crippen molar-refractivity contribution in [2.45, 2.75) is 50.3 Å². The van der Waals surface area contributed by atoms with Gasteiger partial charge in [-0.3, -0.25) is 4.57 Å². The number of anilines is 1. The maximum atomic E-state index is 14.6. The molecule has 0 saturated carbocycles. The minimum absolute atomic E-state index is 0.0525. The van der Waals surface area contributed by atoms with Crippen LogP contribution in [0.4, 0.5) is 10.2 Å². The number of benzene rings is 2. The second-order valence-corrected chi connectivity index (χ2v) is 17.9. The number of rotatable bonds is 8. The van der Waals surface area contributed by atoms with E-state index in [0.29, 0.717) is 0 Å². The van der Waals surface area contributed by atoms with E-state index in [2.05, 4.69) is 50.0 Å². The molecule has 2 N–H and O–H groups in total. The molecule has 0 aliphatic carbocycles. The highest BCUT2D eigenvalue weighted by Gasteiger charge is 2.54. The van der Waals surface area contributed by atoms with E-state index < -0.39 is 50.2 Å². The van der Waals surface area contributed by atoms with Crippen molar-refractivity contribution in [2.75, 3.05) is 24.9 Å². The topological polar surface area (TPSA) is 97.8 Å². The van der Waals surface area contributed by atoms with Crippen LogP contribution in [0.3, 0.4) is 0 Å². The fraction of sp³-hybridized carbons (Fsp3) is 0.379. The van der Waals surface area contributed by atoms with Crippen LogP contribution in [-0.4, -0.2) is 64.1 Å². The summed E-state index contributed by atoms with van der Waals surface area (Å²) < 4.78 is 41.9. The van der Waals surface area contributed by atoms with E-state index in [1.54, 1.807) is 12.5 Å². The first-order chi connectivity index (χ1) is 20.4. The molecule has 2 aromatic carbocycles. The van der Waals surface area contributed by atoms with E-state index in [1.807, 2.05) is 36.4 Å². The van der Waals surface area contributed by atoms with Gasteiger partial charge in [0, 0.05) is 0 Å². The molecule has 1 fully saturated rings. The van der Waals surface area contributed by atoms with Gasteiger partial charge in [-0.1, -0.05) is 105 Å². The summed E-state index contributed by atoms with van der Waals surface area (Å²) in [6.45, 7) is 6.55. The lowest BCUT2D eigenvalue weighted by atomic mass is 10.1. The Labute approximate surface area is 271 Å². The molecular weight excluding hydrogens is 646 g/mol. The molecule has 230 valence electrons. The number of thioether (sulfide) groups is 2. The molecule has 2 heterocycles. The van der Waals surface area contributed by atoms with Gasteiger partial charge in [0.15, 0.2) is 30.1 Å². The molecule has 1 aromatic heterocycles. The predicted molar refractivity (Wildman–Crippen MR) is 182 cm³/mol. The Morgan fingerprint density at radius 1 is 1.00 bits per heavy atom. The number of aromatic nitrogens is 2. The van der Waals surface area contributed by atoms with Crippen LogP contribution < -0.4 is 21.8 Å². The van der Waals surface area contributed by atoms with Crippen molar-refractivity contribution < 1.29 is 23.0 Å². The third kappa shape index (κ3) is 7.16. The van der Waals surface area contributed by atoms with Crippen LogP contribution >= 0.6 is 48.0 Å². The molecule has 0 bridgehead atoms. The van der Waals surface area contributed by atoms with Gasteiger partial charge in [-0.05, 0) is 52.4 Å². The molecule has 1 aliphatic heterocycles. The van der Waals surface area contributed by atoms with Gasteiger partial charge in [-0.25, -0.2) is 9.18 Å². The molecule has 3 aromatic rings. The summed E-state index contributed by atoms with van der Waals surface area (Å²) in [6.07, 6.45) is 0.691. The highest BCUT2D eigenvalue weighted by Crippen LogP contribution is 2.39. The highest BCUT2D eigenvalue weighted by molar-refractivity contribution is 8.22. The molecule has 43 heavy (non-hydrogen) atoms. The first kappa shape index (κ1) is 33.6. The van der Waals surface area contributed by atoms with Gasteiger partial charge in [0.2, 0.25) is 8.77 Å². The summed E-state index contributed by atoms with van der Waals surface area (Å²) in [5.74, 6) is -1.39. The lowest BCUT2D eigenvalue weighted by Gasteiger charge is -2.43. The van der Waals surface area contributed by atoms with Gasteiger partial charge < -0.3 is 24.4 Å². The molecule has 0 spiro atoms. The minimum atomic E-state index is -2.99. The number of hydrogen-bond acceptors (Lipinski definition) is 11. The molecular formula is C29H34FN3O5S4Si. The number of ether oxygens (including phenoxy) is 3. The van der Waals surface area contributed by atoms with E-state index in [0.717, 1.165) is 21.1 Å². The van der Waals surface area contributed by atoms with Crippen LogP contribution in [0.2, 0.25) is 5.04 Å². The Bertz CT molecular complexity index is 1450. The van der Waals surface area contributed by atoms with Crippen molar-refractivity contribution in [3.8, 4) is 0 Å². The number of halogens is 1. The van der Waals surface area contributed by atoms with Crippen LogP contribution in [0.15, 0.2) is 71.7 Å². The molecule has 0 amide bonds. The Morgan fingerprint density at radius 3 is 2.00 bits per heavy atom. The molecule has 4 atom stereocenters. The Kier molecular flexibility index (Phi) is 11.1. The zero-order chi connectivity index (χ0) is 31.4. The summed E-state index contributed by atoms with van der Waals surface area (Å²) in [6, 6.07) is 20.3. The monoisotopic (exact) mass is 679 g/mol. The Hall–Kier alpha value is -2.33. The fourth-order valence-corrected chi connectivity index (χ4v) is 10.5. The van der Waals surface area contributed by atoms with Crippen LogP contribution in [0.25, 0.3) is 0 Å². The van der Waals surface area contributed by atoms with Crippen molar-refractivity contribution in [3.63, 3.8) is 0 Å². The van der Waals surface area contributed by atoms with Crippen molar-refractivity contribution in [1.29, 1.82) is 0 Å². The molecule has 1 saturated heterocycles. The van der Waals surface area contributed by atoms with E-state index >= 15 is 0 Å². The van der Waals surface area contributed by atoms with Gasteiger partial charge in [0.25, 0.3) is 8.32 Å². The third-order valence-electron chi connectivity index (χ3n) is 7.17. The van der Waals surface area contributed by atoms with E-state index in [9.17, 15) is 9.18 Å². The molecule has 0 radical (unpaired) electrons. The number of nitrogen functional groups attached to an aromatic ring is 1. The first-order valence-electron chi connectivity index (χ1n) is 13.4. The van der Waals surface area contributed by atoms with Gasteiger partial charge in [0.1, 0.15) is 6.10 Å². The summed E-state index contributed by atoms with van der Waals surface area (Å²) in [5.41, 5.74) is 4.74.